The topological polar surface area (TPSA) is 79.3 Å². The second-order valence-electron chi connectivity index (χ2n) is 8.19. The van der Waals surface area contributed by atoms with E-state index in [0.717, 1.165) is 39.0 Å². The fourth-order valence-electron chi connectivity index (χ4n) is 4.36. The molecule has 10 heteroatoms. The van der Waals surface area contributed by atoms with E-state index in [1.165, 1.54) is 5.56 Å². The average Bonchev–Trinajstić information content (AvgIpc) is 3.00. The number of nitrogens with zero attached hydrogens (tertiary/aromatic N) is 2. The largest absolute Gasteiger partial charge is 0.490 e. The van der Waals surface area contributed by atoms with Crippen molar-refractivity contribution in [2.45, 2.75) is 25.6 Å². The number of carboxylic acid groups (broad SMARTS) is 1. The fourth-order valence-corrected chi connectivity index (χ4v) is 4.36. The van der Waals surface area contributed by atoms with Crippen molar-refractivity contribution in [1.82, 2.24) is 9.80 Å². The Balaban J connectivity index is 0.000000451. The van der Waals surface area contributed by atoms with Crippen molar-refractivity contribution in [3.05, 3.63) is 35.9 Å². The molecule has 2 fully saturated rings. The summed E-state index contributed by atoms with van der Waals surface area (Å²) >= 11 is 0. The number of hydrogen-bond acceptors (Lipinski definition) is 5. The highest BCUT2D eigenvalue weighted by atomic mass is 19.4. The van der Waals surface area contributed by atoms with Crippen molar-refractivity contribution >= 4 is 11.9 Å². The molecule has 1 N–H and O–H groups in total. The fraction of sp³-hybridized carbons (Fsp3) is 0.636. The lowest BCUT2D eigenvalue weighted by Gasteiger charge is -2.41. The molecule has 0 aromatic heterocycles. The van der Waals surface area contributed by atoms with Gasteiger partial charge in [-0.15, -0.1) is 0 Å². The number of rotatable bonds is 7. The van der Waals surface area contributed by atoms with Crippen LogP contribution in [0.1, 0.15) is 18.4 Å². The summed E-state index contributed by atoms with van der Waals surface area (Å²) in [5, 5.41) is 7.12. The number of aliphatic carboxylic acids is 1. The van der Waals surface area contributed by atoms with E-state index in [1.807, 2.05) is 4.90 Å². The van der Waals surface area contributed by atoms with Gasteiger partial charge in [0.05, 0.1) is 19.1 Å². The molecule has 2 heterocycles. The molecule has 0 saturated carbocycles. The van der Waals surface area contributed by atoms with Crippen LogP contribution in [0.2, 0.25) is 0 Å². The molecule has 180 valence electrons. The van der Waals surface area contributed by atoms with Crippen molar-refractivity contribution in [2.24, 2.45) is 11.3 Å². The summed E-state index contributed by atoms with van der Waals surface area (Å²) in [5.74, 6) is -2.52. The first-order valence-electron chi connectivity index (χ1n) is 10.5. The average molecular weight is 460 g/mol. The molecule has 2 saturated heterocycles. The number of ether oxygens (including phenoxy) is 2. The van der Waals surface area contributed by atoms with Crippen LogP contribution in [0.3, 0.4) is 0 Å². The highest BCUT2D eigenvalue weighted by molar-refractivity contribution is 5.82. The van der Waals surface area contributed by atoms with E-state index in [9.17, 15) is 18.0 Å². The van der Waals surface area contributed by atoms with E-state index in [1.54, 1.807) is 14.2 Å². The van der Waals surface area contributed by atoms with Gasteiger partial charge in [-0.2, -0.15) is 13.2 Å². The molecule has 0 aliphatic carbocycles. The van der Waals surface area contributed by atoms with Gasteiger partial charge >= 0.3 is 12.1 Å². The lowest BCUT2D eigenvalue weighted by atomic mass is 9.71. The van der Waals surface area contributed by atoms with Gasteiger partial charge in [0.15, 0.2) is 0 Å². The van der Waals surface area contributed by atoms with Gasteiger partial charge in [0.25, 0.3) is 0 Å². The summed E-state index contributed by atoms with van der Waals surface area (Å²) in [6.45, 7) is 5.74. The van der Waals surface area contributed by atoms with Crippen LogP contribution in [0.5, 0.6) is 0 Å². The third-order valence-corrected chi connectivity index (χ3v) is 6.10. The maximum absolute atomic E-state index is 12.8. The number of amides is 1. The van der Waals surface area contributed by atoms with Crippen LogP contribution >= 0.6 is 0 Å². The smallest absolute Gasteiger partial charge is 0.475 e. The lowest BCUT2D eigenvalue weighted by Crippen LogP contribution is -2.45. The Morgan fingerprint density at radius 3 is 2.25 bits per heavy atom. The minimum Gasteiger partial charge on any atom is -0.475 e. The van der Waals surface area contributed by atoms with Crippen LogP contribution in [-0.2, 0) is 25.6 Å². The van der Waals surface area contributed by atoms with E-state index in [-0.39, 0.29) is 17.2 Å². The van der Waals surface area contributed by atoms with Gasteiger partial charge in [-0.25, -0.2) is 4.79 Å². The predicted octanol–water partition coefficient (Wildman–Crippen LogP) is 2.65. The zero-order valence-corrected chi connectivity index (χ0v) is 18.4. The van der Waals surface area contributed by atoms with E-state index in [0.29, 0.717) is 19.8 Å². The molecule has 1 unspecified atom stereocenters. The van der Waals surface area contributed by atoms with E-state index in [2.05, 4.69) is 35.2 Å². The van der Waals surface area contributed by atoms with Crippen molar-refractivity contribution in [2.75, 3.05) is 53.6 Å². The molecule has 0 bridgehead atoms. The first kappa shape index (κ1) is 26.1. The highest BCUT2D eigenvalue weighted by Crippen LogP contribution is 2.45. The minimum atomic E-state index is -5.08. The number of piperidine rings is 1. The number of likely N-dealkylation sites (tertiary alicyclic amines) is 2. The van der Waals surface area contributed by atoms with Crippen LogP contribution in [0.4, 0.5) is 13.2 Å². The molecule has 1 spiro atoms. The monoisotopic (exact) mass is 460 g/mol. The van der Waals surface area contributed by atoms with E-state index >= 15 is 0 Å². The van der Waals surface area contributed by atoms with Gasteiger partial charge in [-0.3, -0.25) is 9.69 Å². The molecule has 7 nitrogen and oxygen atoms in total. The van der Waals surface area contributed by atoms with Crippen molar-refractivity contribution in [3.63, 3.8) is 0 Å². The molecular formula is C22H31F3N2O5. The quantitative estimate of drug-likeness (QED) is 0.674. The SMILES string of the molecule is COCCN1CC2(CCN(Cc3ccccc3)CC2)C(COC)C1=O.O=C(O)C(F)(F)F. The Bertz CT molecular complexity index is 737. The molecular weight excluding hydrogens is 429 g/mol. The number of carbonyl (C=O) groups excluding carboxylic acids is 1. The van der Waals surface area contributed by atoms with Crippen LogP contribution in [0, 0.1) is 11.3 Å². The summed E-state index contributed by atoms with van der Waals surface area (Å²) in [4.78, 5) is 26.2. The molecule has 1 amide bonds. The van der Waals surface area contributed by atoms with Crippen LogP contribution in [-0.4, -0.2) is 86.6 Å². The second-order valence-corrected chi connectivity index (χ2v) is 8.19. The normalized spacial score (nSPS) is 20.8. The van der Waals surface area contributed by atoms with Gasteiger partial charge in [-0.05, 0) is 31.5 Å². The maximum atomic E-state index is 12.8. The molecule has 1 atom stereocenters. The molecule has 3 rings (SSSR count). The number of carbonyl (C=O) groups is 2. The van der Waals surface area contributed by atoms with Gasteiger partial charge in [0.2, 0.25) is 5.91 Å². The molecule has 32 heavy (non-hydrogen) atoms. The van der Waals surface area contributed by atoms with Crippen molar-refractivity contribution in [1.29, 1.82) is 0 Å². The third-order valence-electron chi connectivity index (χ3n) is 6.10. The van der Waals surface area contributed by atoms with Gasteiger partial charge < -0.3 is 19.5 Å². The molecule has 1 aromatic rings. The maximum Gasteiger partial charge on any atom is 0.490 e. The van der Waals surface area contributed by atoms with Gasteiger partial charge in [0.1, 0.15) is 0 Å². The van der Waals surface area contributed by atoms with E-state index < -0.39 is 12.1 Å². The Labute approximate surface area is 186 Å². The molecule has 0 radical (unpaired) electrons. The summed E-state index contributed by atoms with van der Waals surface area (Å²) in [5.41, 5.74) is 1.42. The zero-order valence-electron chi connectivity index (χ0n) is 18.4. The number of alkyl halides is 3. The Hall–Kier alpha value is -2.17. The molecule has 2 aliphatic heterocycles. The van der Waals surface area contributed by atoms with Gasteiger partial charge in [-0.1, -0.05) is 30.3 Å². The zero-order chi connectivity index (χ0) is 23.8. The Kier molecular flexibility index (Phi) is 9.47. The molecule has 1 aromatic carbocycles. The van der Waals surface area contributed by atoms with Crippen LogP contribution in [0.25, 0.3) is 0 Å². The first-order valence-corrected chi connectivity index (χ1v) is 10.5. The first-order chi connectivity index (χ1) is 15.1. The minimum absolute atomic E-state index is 0.00627. The number of carboxylic acids is 1. The summed E-state index contributed by atoms with van der Waals surface area (Å²) in [7, 11) is 3.38. The summed E-state index contributed by atoms with van der Waals surface area (Å²) in [6.07, 6.45) is -2.97. The van der Waals surface area contributed by atoms with Crippen LogP contribution in [0.15, 0.2) is 30.3 Å². The highest BCUT2D eigenvalue weighted by Gasteiger charge is 2.52. The van der Waals surface area contributed by atoms with Crippen molar-refractivity contribution in [3.8, 4) is 0 Å². The Morgan fingerprint density at radius 1 is 1.16 bits per heavy atom. The predicted molar refractivity (Wildman–Crippen MR) is 111 cm³/mol. The lowest BCUT2D eigenvalue weighted by molar-refractivity contribution is -0.192. The van der Waals surface area contributed by atoms with Crippen molar-refractivity contribution < 1.29 is 37.3 Å². The summed E-state index contributed by atoms with van der Waals surface area (Å²) < 4.78 is 42.3. The molecule has 2 aliphatic rings. The summed E-state index contributed by atoms with van der Waals surface area (Å²) in [6, 6.07) is 10.6. The second kappa shape index (κ2) is 11.6. The number of hydrogen-bond donors (Lipinski definition) is 1. The van der Waals surface area contributed by atoms with Crippen LogP contribution < -0.4 is 0 Å². The number of benzene rings is 1. The van der Waals surface area contributed by atoms with Gasteiger partial charge in [0, 0.05) is 39.3 Å². The number of methoxy groups -OCH3 is 2. The van der Waals surface area contributed by atoms with E-state index in [4.69, 9.17) is 19.4 Å². The standard InChI is InChI=1S/C20H30N2O3.C2HF3O2/c1-24-13-12-22-16-20(18(15-25-2)19(22)23)8-10-21(11-9-20)14-17-6-4-3-5-7-17;3-2(4,5)1(6)7/h3-7,18H,8-16H2,1-2H3;(H,6,7). The Morgan fingerprint density at radius 2 is 1.75 bits per heavy atom. The number of halogens is 3. The third kappa shape index (κ3) is 6.91.